The monoisotopic (exact) mass is 629 g/mol. The summed E-state index contributed by atoms with van der Waals surface area (Å²) < 4.78 is 105. The van der Waals surface area contributed by atoms with E-state index in [1.807, 2.05) is 0 Å². The Hall–Kier alpha value is -3.41. The summed E-state index contributed by atoms with van der Waals surface area (Å²) in [4.78, 5) is 25.8. The maximum absolute atomic E-state index is 13.2. The van der Waals surface area contributed by atoms with Crippen LogP contribution in [0.2, 0.25) is 5.02 Å². The largest absolute Gasteiger partial charge is 0.416 e. The Morgan fingerprint density at radius 1 is 1.10 bits per heavy atom. The van der Waals surface area contributed by atoms with E-state index < -0.39 is 71.3 Å². The summed E-state index contributed by atoms with van der Waals surface area (Å²) in [6.45, 7) is -2.74. The molecule has 1 amide bonds. The maximum Gasteiger partial charge on any atom is 0.416 e. The normalized spacial score (nSPS) is 14.1. The number of aliphatic hydroxyl groups is 1. The first-order valence-electron chi connectivity index (χ1n) is 11.4. The van der Waals surface area contributed by atoms with Crippen LogP contribution >= 0.6 is 11.6 Å². The number of nitrogens with one attached hydrogen (secondary N) is 2. The van der Waals surface area contributed by atoms with Gasteiger partial charge in [-0.3, -0.25) is 9.36 Å². The van der Waals surface area contributed by atoms with E-state index in [0.717, 1.165) is 18.4 Å². The SMILES string of the molecule is CS(=O)(=O)NCC(NC(=O)Cn1nc(-c2ccc(Cl)cc2)n(C[C@H](O)C(F)(F)F)c1=O)c1cccc(C(F)(F)F)c1. The first-order valence-corrected chi connectivity index (χ1v) is 13.7. The average Bonchev–Trinajstić information content (AvgIpc) is 3.15. The average molecular weight is 630 g/mol. The molecule has 0 bridgehead atoms. The number of sulfonamides is 1. The van der Waals surface area contributed by atoms with Gasteiger partial charge in [-0.15, -0.1) is 5.10 Å². The zero-order valence-electron chi connectivity index (χ0n) is 20.9. The molecule has 41 heavy (non-hydrogen) atoms. The van der Waals surface area contributed by atoms with Crippen LogP contribution in [0.25, 0.3) is 11.4 Å². The van der Waals surface area contributed by atoms with Gasteiger partial charge < -0.3 is 10.4 Å². The third kappa shape index (κ3) is 8.79. The van der Waals surface area contributed by atoms with Crippen LogP contribution in [-0.4, -0.2) is 58.9 Å². The molecule has 3 rings (SSSR count). The number of rotatable bonds is 10. The highest BCUT2D eigenvalue weighted by Crippen LogP contribution is 2.31. The molecule has 0 fully saturated rings. The molecule has 1 heterocycles. The number of aromatic nitrogens is 3. The Morgan fingerprint density at radius 3 is 2.29 bits per heavy atom. The van der Waals surface area contributed by atoms with Gasteiger partial charge >= 0.3 is 18.0 Å². The van der Waals surface area contributed by atoms with Crippen LogP contribution in [0.3, 0.4) is 0 Å². The predicted octanol–water partition coefficient (Wildman–Crippen LogP) is 2.71. The van der Waals surface area contributed by atoms with Gasteiger partial charge in [0.05, 0.1) is 24.4 Å². The first-order chi connectivity index (χ1) is 18.8. The zero-order chi connectivity index (χ0) is 30.8. The number of hydrogen-bond donors (Lipinski definition) is 3. The molecule has 0 aliphatic rings. The second-order valence-corrected chi connectivity index (χ2v) is 11.1. The van der Waals surface area contributed by atoms with Gasteiger partial charge in [-0.1, -0.05) is 23.7 Å². The molecule has 0 spiro atoms. The van der Waals surface area contributed by atoms with Crippen LogP contribution in [0, 0.1) is 0 Å². The van der Waals surface area contributed by atoms with Gasteiger partial charge in [0, 0.05) is 17.1 Å². The number of amides is 1. The fourth-order valence-corrected chi connectivity index (χ4v) is 4.19. The molecule has 1 aromatic heterocycles. The van der Waals surface area contributed by atoms with E-state index in [1.165, 1.54) is 30.3 Å². The van der Waals surface area contributed by atoms with E-state index in [-0.39, 0.29) is 22.0 Å². The molecule has 0 radical (unpaired) electrons. The van der Waals surface area contributed by atoms with Gasteiger partial charge in [0.15, 0.2) is 11.9 Å². The van der Waals surface area contributed by atoms with Gasteiger partial charge in [-0.2, -0.15) is 26.3 Å². The molecule has 2 atom stereocenters. The summed E-state index contributed by atoms with van der Waals surface area (Å²) in [7, 11) is -3.85. The molecule has 10 nitrogen and oxygen atoms in total. The van der Waals surface area contributed by atoms with Crippen molar-refractivity contribution < 1.29 is 44.7 Å². The Kier molecular flexibility index (Phi) is 9.57. The fraction of sp³-hybridized carbons (Fsp3) is 0.348. The number of carbonyl (C=O) groups is 1. The van der Waals surface area contributed by atoms with Gasteiger partial charge in [-0.05, 0) is 42.0 Å². The van der Waals surface area contributed by atoms with Gasteiger partial charge in [-0.25, -0.2) is 22.6 Å². The van der Waals surface area contributed by atoms with E-state index in [2.05, 4.69) is 15.1 Å². The minimum atomic E-state index is -5.08. The van der Waals surface area contributed by atoms with Gasteiger partial charge in [0.25, 0.3) is 0 Å². The van der Waals surface area contributed by atoms with Crippen LogP contribution in [0.5, 0.6) is 0 Å². The Labute approximate surface area is 233 Å². The minimum Gasteiger partial charge on any atom is -0.382 e. The summed E-state index contributed by atoms with van der Waals surface area (Å²) in [6.07, 6.45) is -12.0. The summed E-state index contributed by atoms with van der Waals surface area (Å²) in [5.74, 6) is -1.37. The number of benzene rings is 2. The van der Waals surface area contributed by atoms with Crippen LogP contribution in [0.1, 0.15) is 17.2 Å². The van der Waals surface area contributed by atoms with E-state index in [0.29, 0.717) is 15.3 Å². The third-order valence-corrected chi connectivity index (χ3v) is 6.50. The summed E-state index contributed by atoms with van der Waals surface area (Å²) in [5.41, 5.74) is -2.28. The zero-order valence-corrected chi connectivity index (χ0v) is 22.4. The quantitative estimate of drug-likeness (QED) is 0.295. The molecule has 0 aliphatic heterocycles. The van der Waals surface area contributed by atoms with Crippen molar-refractivity contribution >= 4 is 27.5 Å². The smallest absolute Gasteiger partial charge is 0.382 e. The Balaban J connectivity index is 1.95. The highest BCUT2D eigenvalue weighted by molar-refractivity contribution is 7.88. The first kappa shape index (κ1) is 32.1. The number of aliphatic hydroxyl groups excluding tert-OH is 1. The third-order valence-electron chi connectivity index (χ3n) is 5.55. The molecule has 0 saturated heterocycles. The lowest BCUT2D eigenvalue weighted by Gasteiger charge is -2.20. The number of hydrogen-bond acceptors (Lipinski definition) is 6. The molecule has 3 aromatic rings. The fourth-order valence-electron chi connectivity index (χ4n) is 3.59. The second kappa shape index (κ2) is 12.2. The Morgan fingerprint density at radius 2 is 1.73 bits per heavy atom. The highest BCUT2D eigenvalue weighted by atomic mass is 35.5. The summed E-state index contributed by atoms with van der Waals surface area (Å²) in [5, 5.41) is 16.1. The summed E-state index contributed by atoms with van der Waals surface area (Å²) >= 11 is 5.83. The van der Waals surface area contributed by atoms with E-state index in [9.17, 15) is 49.5 Å². The lowest BCUT2D eigenvalue weighted by atomic mass is 10.0. The molecule has 224 valence electrons. The van der Waals surface area contributed by atoms with Gasteiger partial charge in [0.1, 0.15) is 6.54 Å². The van der Waals surface area contributed by atoms with Gasteiger partial charge in [0.2, 0.25) is 15.9 Å². The standard InChI is InChI=1S/C23H22ClF6N5O5S/c1-41(39,40)31-10-17(14-3-2-4-15(9-14)22(25,26)27)32-19(37)12-35-21(38)34(11-18(36)23(28,29)30)20(33-35)13-5-7-16(24)8-6-13/h2-9,17-18,31,36H,10-12H2,1H3,(H,32,37)/t17?,18-/m0/s1. The highest BCUT2D eigenvalue weighted by Gasteiger charge is 2.39. The molecule has 2 aromatic carbocycles. The predicted molar refractivity (Wildman–Crippen MR) is 134 cm³/mol. The van der Waals surface area contributed by atoms with Crippen molar-refractivity contribution in [2.45, 2.75) is 37.6 Å². The van der Waals surface area contributed by atoms with Crippen LogP contribution < -0.4 is 15.7 Å². The van der Waals surface area contributed by atoms with Crippen molar-refractivity contribution in [1.29, 1.82) is 0 Å². The number of alkyl halides is 6. The molecule has 1 unspecified atom stereocenters. The summed E-state index contributed by atoms with van der Waals surface area (Å²) in [6, 6.07) is 7.80. The molecule has 18 heteroatoms. The lowest BCUT2D eigenvalue weighted by molar-refractivity contribution is -0.207. The number of carbonyl (C=O) groups excluding carboxylic acids is 1. The topological polar surface area (TPSA) is 135 Å². The molecule has 0 aliphatic carbocycles. The van der Waals surface area contributed by atoms with Crippen LogP contribution in [0.4, 0.5) is 26.3 Å². The minimum absolute atomic E-state index is 0.124. The lowest BCUT2D eigenvalue weighted by Crippen LogP contribution is -2.41. The molecule has 3 N–H and O–H groups in total. The van der Waals surface area contributed by atoms with Crippen LogP contribution in [-0.2, 0) is 34.1 Å². The van der Waals surface area contributed by atoms with Crippen molar-refractivity contribution in [3.8, 4) is 11.4 Å². The van der Waals surface area contributed by atoms with Crippen molar-refractivity contribution in [3.63, 3.8) is 0 Å². The maximum atomic E-state index is 13.2. The van der Waals surface area contributed by atoms with Crippen molar-refractivity contribution in [2.24, 2.45) is 0 Å². The number of nitrogens with zero attached hydrogens (tertiary/aromatic N) is 3. The Bertz CT molecular complexity index is 1550. The van der Waals surface area contributed by atoms with Crippen molar-refractivity contribution in [2.75, 3.05) is 12.8 Å². The van der Waals surface area contributed by atoms with E-state index in [4.69, 9.17) is 11.6 Å². The van der Waals surface area contributed by atoms with Crippen molar-refractivity contribution in [1.82, 2.24) is 24.4 Å². The molecule has 0 saturated carbocycles. The molecular weight excluding hydrogens is 608 g/mol. The van der Waals surface area contributed by atoms with E-state index in [1.54, 1.807) is 0 Å². The van der Waals surface area contributed by atoms with Crippen molar-refractivity contribution in [3.05, 3.63) is 75.2 Å². The number of halogens is 7. The second-order valence-electron chi connectivity index (χ2n) is 8.80. The van der Waals surface area contributed by atoms with Crippen LogP contribution in [0.15, 0.2) is 53.3 Å². The molecular formula is C23H22ClF6N5O5S. The van der Waals surface area contributed by atoms with E-state index >= 15 is 0 Å².